The Labute approximate surface area is 182 Å². The number of aromatic nitrogens is 3. The number of amides is 1. The summed E-state index contributed by atoms with van der Waals surface area (Å²) in [4.78, 5) is 14.2. The molecule has 1 fully saturated rings. The summed E-state index contributed by atoms with van der Waals surface area (Å²) >= 11 is 0. The molecule has 4 rings (SSSR count). The van der Waals surface area contributed by atoms with Crippen LogP contribution in [0.1, 0.15) is 45.7 Å². The Bertz CT molecular complexity index is 1050. The summed E-state index contributed by atoms with van der Waals surface area (Å²) in [5.41, 5.74) is 5.01. The van der Waals surface area contributed by atoms with Crippen LogP contribution in [0.15, 0.2) is 42.5 Å². The highest BCUT2D eigenvalue weighted by molar-refractivity contribution is 5.93. The van der Waals surface area contributed by atoms with Gasteiger partial charge in [-0.2, -0.15) is 9.90 Å². The molecule has 0 aliphatic carbocycles. The molecule has 2 heterocycles. The van der Waals surface area contributed by atoms with Crippen LogP contribution < -0.4 is 10.1 Å². The molecule has 1 N–H and O–H groups in total. The maximum Gasteiger partial charge on any atom is 0.274 e. The summed E-state index contributed by atoms with van der Waals surface area (Å²) in [5.74, 6) is 0.560. The zero-order valence-electron chi connectivity index (χ0n) is 18.2. The first-order chi connectivity index (χ1) is 15.0. The van der Waals surface area contributed by atoms with E-state index in [-0.39, 0.29) is 12.0 Å². The van der Waals surface area contributed by atoms with Crippen molar-refractivity contribution in [1.29, 1.82) is 0 Å². The first-order valence-corrected chi connectivity index (χ1v) is 10.6. The minimum absolute atomic E-state index is 0.194. The first kappa shape index (κ1) is 21.1. The summed E-state index contributed by atoms with van der Waals surface area (Å²) in [6.07, 6.45) is 2.35. The van der Waals surface area contributed by atoms with Crippen LogP contribution in [0.25, 0.3) is 5.69 Å². The molecule has 0 radical (unpaired) electrons. The molecule has 1 unspecified atom stereocenters. The molecule has 2 aromatic carbocycles. The van der Waals surface area contributed by atoms with Gasteiger partial charge in [-0.1, -0.05) is 29.8 Å². The Balaban J connectivity index is 1.35. The van der Waals surface area contributed by atoms with Crippen molar-refractivity contribution in [2.75, 3.05) is 13.2 Å². The van der Waals surface area contributed by atoms with Crippen LogP contribution in [-0.2, 0) is 11.3 Å². The van der Waals surface area contributed by atoms with Gasteiger partial charge in [-0.25, -0.2) is 0 Å². The number of nitrogens with zero attached hydrogens (tertiary/aromatic N) is 3. The van der Waals surface area contributed by atoms with Crippen molar-refractivity contribution in [2.45, 2.75) is 46.3 Å². The number of carbonyl (C=O) groups excluding carboxylic acids is 1. The number of aryl methyl sites for hydroxylation is 3. The molecule has 1 amide bonds. The molecule has 0 saturated carbocycles. The largest absolute Gasteiger partial charge is 0.491 e. The fourth-order valence-electron chi connectivity index (χ4n) is 3.66. The predicted octanol–water partition coefficient (Wildman–Crippen LogP) is 3.68. The fraction of sp³-hybridized carbons (Fsp3) is 0.375. The molecule has 1 aliphatic heterocycles. The highest BCUT2D eigenvalue weighted by atomic mass is 16.5. The number of hydrogen-bond acceptors (Lipinski definition) is 5. The Hall–Kier alpha value is -3.19. The molecule has 31 heavy (non-hydrogen) atoms. The van der Waals surface area contributed by atoms with E-state index in [4.69, 9.17) is 9.47 Å². The Morgan fingerprint density at radius 3 is 2.68 bits per heavy atom. The van der Waals surface area contributed by atoms with E-state index in [0.717, 1.165) is 42.0 Å². The van der Waals surface area contributed by atoms with Crippen molar-refractivity contribution in [3.8, 4) is 11.4 Å². The highest BCUT2D eigenvalue weighted by Crippen LogP contribution is 2.17. The lowest BCUT2D eigenvalue weighted by atomic mass is 10.1. The van der Waals surface area contributed by atoms with E-state index < -0.39 is 0 Å². The number of rotatable bonds is 7. The van der Waals surface area contributed by atoms with Crippen molar-refractivity contribution < 1.29 is 14.3 Å². The third-order valence-corrected chi connectivity index (χ3v) is 5.40. The third kappa shape index (κ3) is 5.11. The van der Waals surface area contributed by atoms with E-state index in [1.54, 1.807) is 6.92 Å². The molecular weight excluding hydrogens is 392 g/mol. The second kappa shape index (κ2) is 9.31. The molecule has 1 saturated heterocycles. The maximum absolute atomic E-state index is 12.7. The standard InChI is InChI=1S/C24H28N4O3/c1-16-6-11-22(17(2)13-16)28-26-18(3)23(27-28)24(29)25-14-19-7-9-20(10-8-19)31-15-21-5-4-12-30-21/h6-11,13,21H,4-5,12,14-15H2,1-3H3,(H,25,29). The predicted molar refractivity (Wildman–Crippen MR) is 118 cm³/mol. The lowest BCUT2D eigenvalue weighted by molar-refractivity contribution is 0.0679. The van der Waals surface area contributed by atoms with Crippen LogP contribution in [0.5, 0.6) is 5.75 Å². The molecule has 7 nitrogen and oxygen atoms in total. The van der Waals surface area contributed by atoms with E-state index in [9.17, 15) is 4.79 Å². The van der Waals surface area contributed by atoms with Crippen molar-refractivity contribution in [2.24, 2.45) is 0 Å². The summed E-state index contributed by atoms with van der Waals surface area (Å²) < 4.78 is 11.4. The Kier molecular flexibility index (Phi) is 6.32. The van der Waals surface area contributed by atoms with Gasteiger partial charge >= 0.3 is 0 Å². The monoisotopic (exact) mass is 420 g/mol. The van der Waals surface area contributed by atoms with Crippen LogP contribution in [0, 0.1) is 20.8 Å². The zero-order valence-corrected chi connectivity index (χ0v) is 18.2. The molecule has 0 bridgehead atoms. The molecule has 7 heteroatoms. The minimum atomic E-state index is -0.243. The van der Waals surface area contributed by atoms with E-state index in [0.29, 0.717) is 24.5 Å². The van der Waals surface area contributed by atoms with Gasteiger partial charge in [-0.05, 0) is 62.9 Å². The van der Waals surface area contributed by atoms with E-state index in [1.165, 1.54) is 10.4 Å². The Morgan fingerprint density at radius 2 is 1.97 bits per heavy atom. The van der Waals surface area contributed by atoms with Gasteiger partial charge in [0.05, 0.1) is 17.5 Å². The van der Waals surface area contributed by atoms with Crippen LogP contribution >= 0.6 is 0 Å². The van der Waals surface area contributed by atoms with Gasteiger partial charge in [-0.15, -0.1) is 5.10 Å². The molecule has 1 aromatic heterocycles. The zero-order chi connectivity index (χ0) is 21.8. The molecular formula is C24H28N4O3. The lowest BCUT2D eigenvalue weighted by Crippen LogP contribution is -2.24. The second-order valence-electron chi connectivity index (χ2n) is 7.99. The number of ether oxygens (including phenoxy) is 2. The van der Waals surface area contributed by atoms with Crippen molar-refractivity contribution in [1.82, 2.24) is 20.3 Å². The van der Waals surface area contributed by atoms with Gasteiger partial charge in [-0.3, -0.25) is 4.79 Å². The summed E-state index contributed by atoms with van der Waals surface area (Å²) in [6, 6.07) is 13.8. The van der Waals surface area contributed by atoms with Crippen LogP contribution in [-0.4, -0.2) is 40.2 Å². The average Bonchev–Trinajstić information content (AvgIpc) is 3.41. The number of nitrogens with one attached hydrogen (secondary N) is 1. The van der Waals surface area contributed by atoms with Crippen molar-refractivity contribution in [3.63, 3.8) is 0 Å². The minimum Gasteiger partial charge on any atom is -0.491 e. The normalized spacial score (nSPS) is 15.8. The molecule has 0 spiro atoms. The smallest absolute Gasteiger partial charge is 0.274 e. The van der Waals surface area contributed by atoms with Crippen LogP contribution in [0.3, 0.4) is 0 Å². The van der Waals surface area contributed by atoms with Gasteiger partial charge in [0.15, 0.2) is 5.69 Å². The number of carbonyl (C=O) groups is 1. The quantitative estimate of drug-likeness (QED) is 0.631. The maximum atomic E-state index is 12.7. The summed E-state index contributed by atoms with van der Waals surface area (Å²) in [7, 11) is 0. The van der Waals surface area contributed by atoms with Gasteiger partial charge in [0.2, 0.25) is 0 Å². The van der Waals surface area contributed by atoms with Gasteiger partial charge < -0.3 is 14.8 Å². The molecule has 1 aliphatic rings. The van der Waals surface area contributed by atoms with Crippen molar-refractivity contribution >= 4 is 5.91 Å². The van der Waals surface area contributed by atoms with Gasteiger partial charge in [0, 0.05) is 13.2 Å². The Morgan fingerprint density at radius 1 is 1.16 bits per heavy atom. The van der Waals surface area contributed by atoms with Gasteiger partial charge in [0.25, 0.3) is 5.91 Å². The average molecular weight is 421 g/mol. The lowest BCUT2D eigenvalue weighted by Gasteiger charge is -2.12. The van der Waals surface area contributed by atoms with Crippen LogP contribution in [0.4, 0.5) is 0 Å². The fourth-order valence-corrected chi connectivity index (χ4v) is 3.66. The third-order valence-electron chi connectivity index (χ3n) is 5.40. The van der Waals surface area contributed by atoms with E-state index in [1.807, 2.05) is 50.2 Å². The molecule has 1 atom stereocenters. The second-order valence-corrected chi connectivity index (χ2v) is 7.99. The van der Waals surface area contributed by atoms with E-state index in [2.05, 4.69) is 21.6 Å². The first-order valence-electron chi connectivity index (χ1n) is 10.6. The number of hydrogen-bond donors (Lipinski definition) is 1. The number of benzene rings is 2. The molecule has 162 valence electrons. The SMILES string of the molecule is Cc1ccc(-n2nc(C)c(C(=O)NCc3ccc(OCC4CCCO4)cc3)n2)c(C)c1. The van der Waals surface area contributed by atoms with E-state index >= 15 is 0 Å². The summed E-state index contributed by atoms with van der Waals surface area (Å²) in [5, 5.41) is 11.8. The topological polar surface area (TPSA) is 78.3 Å². The highest BCUT2D eigenvalue weighted by Gasteiger charge is 2.18. The van der Waals surface area contributed by atoms with Crippen molar-refractivity contribution in [3.05, 3.63) is 70.5 Å². The molecule has 3 aromatic rings. The summed E-state index contributed by atoms with van der Waals surface area (Å²) in [6.45, 7) is 7.65. The van der Waals surface area contributed by atoms with Crippen LogP contribution in [0.2, 0.25) is 0 Å². The van der Waals surface area contributed by atoms with Gasteiger partial charge in [0.1, 0.15) is 12.4 Å².